The zero-order valence-corrected chi connectivity index (χ0v) is 13.7. The molecule has 1 saturated heterocycles. The van der Waals surface area contributed by atoms with E-state index in [4.69, 9.17) is 4.42 Å². The molecule has 118 valence electrons. The van der Waals surface area contributed by atoms with Gasteiger partial charge in [-0.05, 0) is 42.9 Å². The molecule has 0 bridgehead atoms. The maximum atomic E-state index is 12.4. The molecule has 22 heavy (non-hydrogen) atoms. The third-order valence-corrected chi connectivity index (χ3v) is 5.26. The smallest absolute Gasteiger partial charge is 0.317 e. The Morgan fingerprint density at radius 3 is 3.18 bits per heavy atom. The molecule has 2 amide bonds. The standard InChI is InChI=1S/C17H22N2O2S/c1-22-15-4-2-3-8-19(12-15)17(20)18-11-13-5-6-16-14(10-13)7-9-21-16/h5-7,9-10,15H,2-4,8,11-12H2,1H3,(H,18,20). The average molecular weight is 318 g/mol. The molecule has 1 N–H and O–H groups in total. The fraction of sp³-hybridized carbons (Fsp3) is 0.471. The van der Waals surface area contributed by atoms with Crippen molar-refractivity contribution in [2.75, 3.05) is 19.3 Å². The molecule has 4 nitrogen and oxygen atoms in total. The van der Waals surface area contributed by atoms with Crippen LogP contribution in [0.4, 0.5) is 4.79 Å². The molecule has 1 aromatic carbocycles. The van der Waals surface area contributed by atoms with Crippen molar-refractivity contribution < 1.29 is 9.21 Å². The highest BCUT2D eigenvalue weighted by Gasteiger charge is 2.21. The Balaban J connectivity index is 1.58. The number of benzene rings is 1. The summed E-state index contributed by atoms with van der Waals surface area (Å²) in [6, 6.07) is 8.00. The fourth-order valence-electron chi connectivity index (χ4n) is 2.90. The van der Waals surface area contributed by atoms with E-state index in [2.05, 4.69) is 17.6 Å². The van der Waals surface area contributed by atoms with Gasteiger partial charge in [0.05, 0.1) is 6.26 Å². The topological polar surface area (TPSA) is 45.5 Å². The van der Waals surface area contributed by atoms with E-state index in [1.54, 1.807) is 6.26 Å². The molecule has 3 rings (SSSR count). The van der Waals surface area contributed by atoms with Gasteiger partial charge in [-0.15, -0.1) is 0 Å². The Morgan fingerprint density at radius 2 is 2.32 bits per heavy atom. The van der Waals surface area contributed by atoms with Crippen molar-refractivity contribution in [1.29, 1.82) is 0 Å². The van der Waals surface area contributed by atoms with E-state index in [1.807, 2.05) is 34.9 Å². The van der Waals surface area contributed by atoms with E-state index >= 15 is 0 Å². The molecule has 0 radical (unpaired) electrons. The molecule has 1 fully saturated rings. The van der Waals surface area contributed by atoms with Crippen LogP contribution in [0.3, 0.4) is 0 Å². The molecule has 1 atom stereocenters. The third kappa shape index (κ3) is 3.58. The van der Waals surface area contributed by atoms with E-state index in [-0.39, 0.29) is 6.03 Å². The SMILES string of the molecule is CSC1CCCCN(C(=O)NCc2ccc3occc3c2)C1. The zero-order chi connectivity index (χ0) is 15.4. The van der Waals surface area contributed by atoms with Gasteiger partial charge >= 0.3 is 6.03 Å². The van der Waals surface area contributed by atoms with Crippen LogP contribution in [0.15, 0.2) is 34.9 Å². The number of hydrogen-bond acceptors (Lipinski definition) is 3. The summed E-state index contributed by atoms with van der Waals surface area (Å²) in [6.07, 6.45) is 7.35. The predicted octanol–water partition coefficient (Wildman–Crippen LogP) is 3.86. The third-order valence-electron chi connectivity index (χ3n) is 4.21. The summed E-state index contributed by atoms with van der Waals surface area (Å²) >= 11 is 1.87. The molecule has 5 heteroatoms. The molecule has 1 aliphatic rings. The van der Waals surface area contributed by atoms with Crippen LogP contribution < -0.4 is 5.32 Å². The first kappa shape index (κ1) is 15.3. The number of amides is 2. The lowest BCUT2D eigenvalue weighted by Gasteiger charge is -2.24. The van der Waals surface area contributed by atoms with E-state index < -0.39 is 0 Å². The van der Waals surface area contributed by atoms with Crippen molar-refractivity contribution in [2.45, 2.75) is 31.1 Å². The summed E-state index contributed by atoms with van der Waals surface area (Å²) in [5, 5.41) is 4.68. The van der Waals surface area contributed by atoms with Crippen molar-refractivity contribution in [3.63, 3.8) is 0 Å². The van der Waals surface area contributed by atoms with Crippen LogP contribution in [0.1, 0.15) is 24.8 Å². The minimum atomic E-state index is 0.0493. The number of urea groups is 1. The second kappa shape index (κ2) is 7.09. The second-order valence-corrected chi connectivity index (χ2v) is 6.89. The Morgan fingerprint density at radius 1 is 1.41 bits per heavy atom. The molecule has 0 saturated carbocycles. The maximum Gasteiger partial charge on any atom is 0.317 e. The van der Waals surface area contributed by atoms with Gasteiger partial charge in [0.25, 0.3) is 0 Å². The minimum Gasteiger partial charge on any atom is -0.464 e. The van der Waals surface area contributed by atoms with Crippen LogP contribution in [0.5, 0.6) is 0 Å². The number of furan rings is 1. The molecule has 0 spiro atoms. The number of rotatable bonds is 3. The molecule has 1 aliphatic heterocycles. The van der Waals surface area contributed by atoms with Crippen LogP contribution >= 0.6 is 11.8 Å². The van der Waals surface area contributed by atoms with Crippen molar-refractivity contribution in [3.8, 4) is 0 Å². The zero-order valence-electron chi connectivity index (χ0n) is 12.9. The van der Waals surface area contributed by atoms with Crippen molar-refractivity contribution in [1.82, 2.24) is 10.2 Å². The second-order valence-electron chi connectivity index (χ2n) is 5.75. The lowest BCUT2D eigenvalue weighted by atomic mass is 10.1. The lowest BCUT2D eigenvalue weighted by Crippen LogP contribution is -2.42. The van der Waals surface area contributed by atoms with Gasteiger partial charge in [-0.25, -0.2) is 4.79 Å². The van der Waals surface area contributed by atoms with Crippen molar-refractivity contribution >= 4 is 28.8 Å². The highest BCUT2D eigenvalue weighted by molar-refractivity contribution is 7.99. The van der Waals surface area contributed by atoms with Gasteiger partial charge in [-0.1, -0.05) is 12.5 Å². The van der Waals surface area contributed by atoms with Crippen LogP contribution in [0.2, 0.25) is 0 Å². The van der Waals surface area contributed by atoms with Crippen LogP contribution in [-0.2, 0) is 6.54 Å². The summed E-state index contributed by atoms with van der Waals surface area (Å²) in [7, 11) is 0. The van der Waals surface area contributed by atoms with E-state index in [9.17, 15) is 4.79 Å². The largest absolute Gasteiger partial charge is 0.464 e. The van der Waals surface area contributed by atoms with Gasteiger partial charge in [0, 0.05) is 30.3 Å². The van der Waals surface area contributed by atoms with Crippen molar-refractivity contribution in [3.05, 3.63) is 36.1 Å². The Bertz CT molecular complexity index is 640. The molecule has 2 heterocycles. The van der Waals surface area contributed by atoms with Crippen LogP contribution in [-0.4, -0.2) is 35.5 Å². The number of likely N-dealkylation sites (tertiary alicyclic amines) is 1. The van der Waals surface area contributed by atoms with E-state index in [0.717, 1.165) is 36.0 Å². The van der Waals surface area contributed by atoms with Crippen LogP contribution in [0.25, 0.3) is 11.0 Å². The highest BCUT2D eigenvalue weighted by atomic mass is 32.2. The maximum absolute atomic E-state index is 12.4. The Kier molecular flexibility index (Phi) is 4.93. The van der Waals surface area contributed by atoms with E-state index in [0.29, 0.717) is 11.8 Å². The molecule has 1 unspecified atom stereocenters. The highest BCUT2D eigenvalue weighted by Crippen LogP contribution is 2.20. The first-order valence-corrected chi connectivity index (χ1v) is 9.07. The van der Waals surface area contributed by atoms with Gasteiger partial charge in [0.2, 0.25) is 0 Å². The Hall–Kier alpha value is -1.62. The predicted molar refractivity (Wildman–Crippen MR) is 91.2 cm³/mol. The summed E-state index contributed by atoms with van der Waals surface area (Å²) in [4.78, 5) is 14.3. The number of nitrogens with zero attached hydrogens (tertiary/aromatic N) is 1. The van der Waals surface area contributed by atoms with Gasteiger partial charge in [0.1, 0.15) is 5.58 Å². The molecule has 2 aromatic rings. The summed E-state index contributed by atoms with van der Waals surface area (Å²) in [5.74, 6) is 0. The number of carbonyl (C=O) groups is 1. The molecular weight excluding hydrogens is 296 g/mol. The number of carbonyl (C=O) groups excluding carboxylic acids is 1. The van der Waals surface area contributed by atoms with E-state index in [1.165, 1.54) is 12.8 Å². The Labute approximate surface area is 135 Å². The van der Waals surface area contributed by atoms with Gasteiger partial charge < -0.3 is 14.6 Å². The first-order chi connectivity index (χ1) is 10.8. The summed E-state index contributed by atoms with van der Waals surface area (Å²) in [5.41, 5.74) is 1.98. The number of nitrogens with one attached hydrogen (secondary N) is 1. The molecule has 0 aliphatic carbocycles. The molecule has 1 aromatic heterocycles. The summed E-state index contributed by atoms with van der Waals surface area (Å²) < 4.78 is 5.33. The normalized spacial score (nSPS) is 19.1. The summed E-state index contributed by atoms with van der Waals surface area (Å²) in [6.45, 7) is 2.28. The number of hydrogen-bond donors (Lipinski definition) is 1. The average Bonchev–Trinajstić information content (AvgIpc) is 2.87. The fourth-order valence-corrected chi connectivity index (χ4v) is 3.63. The molecular formula is C17H22N2O2S. The number of thioether (sulfide) groups is 1. The minimum absolute atomic E-state index is 0.0493. The number of fused-ring (bicyclic) bond motifs is 1. The van der Waals surface area contributed by atoms with Gasteiger partial charge in [-0.2, -0.15) is 11.8 Å². The van der Waals surface area contributed by atoms with Gasteiger partial charge in [0.15, 0.2) is 0 Å². The van der Waals surface area contributed by atoms with Crippen molar-refractivity contribution in [2.24, 2.45) is 0 Å². The first-order valence-electron chi connectivity index (χ1n) is 7.78. The lowest BCUT2D eigenvalue weighted by molar-refractivity contribution is 0.200. The van der Waals surface area contributed by atoms with Crippen LogP contribution in [0, 0.1) is 0 Å². The monoisotopic (exact) mass is 318 g/mol. The quantitative estimate of drug-likeness (QED) is 0.934. The van der Waals surface area contributed by atoms with Gasteiger partial charge in [-0.3, -0.25) is 0 Å².